The molecule has 0 unspecified atom stereocenters. The van der Waals surface area contributed by atoms with Gasteiger partial charge >= 0.3 is 5.97 Å². The molecule has 0 heterocycles. The van der Waals surface area contributed by atoms with E-state index in [1.54, 1.807) is 30.3 Å². The molecule has 0 aliphatic carbocycles. The highest BCUT2D eigenvalue weighted by molar-refractivity contribution is 5.98. The molecule has 3 aromatic carbocycles. The summed E-state index contributed by atoms with van der Waals surface area (Å²) in [7, 11) is 1.40. The fourth-order valence-corrected chi connectivity index (χ4v) is 2.93. The van der Waals surface area contributed by atoms with Gasteiger partial charge in [-0.15, -0.1) is 0 Å². The van der Waals surface area contributed by atoms with Gasteiger partial charge in [-0.05, 0) is 43.2 Å². The lowest BCUT2D eigenvalue weighted by Crippen LogP contribution is -2.26. The number of benzene rings is 3. The van der Waals surface area contributed by atoms with E-state index in [0.717, 1.165) is 17.2 Å². The average Bonchev–Trinajstić information content (AvgIpc) is 2.74. The third-order valence-corrected chi connectivity index (χ3v) is 4.61. The van der Waals surface area contributed by atoms with Gasteiger partial charge in [0, 0.05) is 17.3 Å². The van der Waals surface area contributed by atoms with E-state index < -0.39 is 23.8 Å². The zero-order valence-electron chi connectivity index (χ0n) is 16.9. The Labute approximate surface area is 174 Å². The van der Waals surface area contributed by atoms with Gasteiger partial charge in [0.1, 0.15) is 11.6 Å². The van der Waals surface area contributed by atoms with E-state index in [0.29, 0.717) is 11.3 Å². The molecule has 5 nitrogen and oxygen atoms in total. The average molecular weight is 407 g/mol. The number of esters is 1. The van der Waals surface area contributed by atoms with E-state index in [9.17, 15) is 14.0 Å². The van der Waals surface area contributed by atoms with Crippen molar-refractivity contribution in [2.24, 2.45) is 0 Å². The Bertz CT molecular complexity index is 1070. The van der Waals surface area contributed by atoms with Crippen LogP contribution in [0, 0.1) is 19.7 Å². The first kappa shape index (κ1) is 21.0. The number of nitrogens with one attached hydrogen (secondary N) is 1. The number of halogens is 1. The molecular weight excluding hydrogens is 385 g/mol. The molecule has 0 aliphatic heterocycles. The molecule has 3 aromatic rings. The summed E-state index contributed by atoms with van der Waals surface area (Å²) < 4.78 is 24.7. The Kier molecular flexibility index (Phi) is 6.47. The first-order valence-corrected chi connectivity index (χ1v) is 9.36. The van der Waals surface area contributed by atoms with Crippen LogP contribution >= 0.6 is 0 Å². The van der Waals surface area contributed by atoms with Crippen LogP contribution in [0.3, 0.4) is 0 Å². The van der Waals surface area contributed by atoms with Crippen molar-refractivity contribution in [3.05, 3.63) is 94.8 Å². The second kappa shape index (κ2) is 9.22. The summed E-state index contributed by atoms with van der Waals surface area (Å²) in [6.45, 7) is 3.78. The maximum atomic E-state index is 14.3. The van der Waals surface area contributed by atoms with Crippen LogP contribution in [0.15, 0.2) is 66.7 Å². The number of ether oxygens (including phenoxy) is 2. The standard InChI is InChI=1S/C24H22FNO4/c1-15-9-10-16(2)21(13-15)26-23(27)22(17-7-5-4-6-8-17)30-24(28)19-12-11-18(29-3)14-20(19)25/h4-14,22H,1-3H3,(H,26,27)/t22-/m1/s1. The van der Waals surface area contributed by atoms with Crippen LogP contribution in [0.25, 0.3) is 0 Å². The fraction of sp³-hybridized carbons (Fsp3) is 0.167. The minimum absolute atomic E-state index is 0.274. The second-order valence-corrected chi connectivity index (χ2v) is 6.85. The Balaban J connectivity index is 1.89. The highest BCUT2D eigenvalue weighted by Gasteiger charge is 2.27. The first-order chi connectivity index (χ1) is 14.4. The third kappa shape index (κ3) is 4.84. The number of hydrogen-bond acceptors (Lipinski definition) is 4. The maximum absolute atomic E-state index is 14.3. The third-order valence-electron chi connectivity index (χ3n) is 4.61. The van der Waals surface area contributed by atoms with Crippen LogP contribution in [-0.2, 0) is 9.53 Å². The monoisotopic (exact) mass is 407 g/mol. The topological polar surface area (TPSA) is 64.6 Å². The summed E-state index contributed by atoms with van der Waals surface area (Å²) in [6.07, 6.45) is -1.25. The van der Waals surface area contributed by atoms with Gasteiger partial charge in [0.05, 0.1) is 12.7 Å². The zero-order chi connectivity index (χ0) is 21.7. The molecule has 0 radical (unpaired) electrons. The van der Waals surface area contributed by atoms with E-state index in [4.69, 9.17) is 9.47 Å². The molecule has 0 bridgehead atoms. The molecule has 0 spiro atoms. The summed E-state index contributed by atoms with van der Waals surface area (Å²) in [5.74, 6) is -1.99. The van der Waals surface area contributed by atoms with E-state index in [1.165, 1.54) is 19.2 Å². The zero-order valence-corrected chi connectivity index (χ0v) is 16.9. The van der Waals surface area contributed by atoms with Gasteiger partial charge in [0.2, 0.25) is 6.10 Å². The van der Waals surface area contributed by atoms with E-state index in [1.807, 2.05) is 32.0 Å². The minimum Gasteiger partial charge on any atom is -0.497 e. The smallest absolute Gasteiger partial charge is 0.342 e. The molecule has 0 saturated carbocycles. The molecule has 30 heavy (non-hydrogen) atoms. The molecule has 6 heteroatoms. The summed E-state index contributed by atoms with van der Waals surface area (Å²) in [4.78, 5) is 25.7. The molecule has 0 saturated heterocycles. The van der Waals surface area contributed by atoms with Gasteiger partial charge in [-0.2, -0.15) is 0 Å². The number of aryl methyl sites for hydroxylation is 2. The molecule has 1 N–H and O–H groups in total. The molecule has 1 amide bonds. The van der Waals surface area contributed by atoms with Gasteiger partial charge in [0.15, 0.2) is 0 Å². The highest BCUT2D eigenvalue weighted by atomic mass is 19.1. The van der Waals surface area contributed by atoms with Crippen molar-refractivity contribution in [2.45, 2.75) is 20.0 Å². The van der Waals surface area contributed by atoms with Crippen LogP contribution < -0.4 is 10.1 Å². The molecule has 3 rings (SSSR count). The fourth-order valence-electron chi connectivity index (χ4n) is 2.93. The molecule has 0 aliphatic rings. The van der Waals surface area contributed by atoms with E-state index in [-0.39, 0.29) is 11.3 Å². The number of hydrogen-bond donors (Lipinski definition) is 1. The van der Waals surface area contributed by atoms with Crippen LogP contribution in [0.5, 0.6) is 5.75 Å². The van der Waals surface area contributed by atoms with Gasteiger partial charge in [-0.25, -0.2) is 9.18 Å². The summed E-state index contributed by atoms with van der Waals surface area (Å²) >= 11 is 0. The molecule has 154 valence electrons. The minimum atomic E-state index is -1.25. The van der Waals surface area contributed by atoms with Crippen molar-refractivity contribution >= 4 is 17.6 Å². The lowest BCUT2D eigenvalue weighted by Gasteiger charge is -2.19. The number of anilines is 1. The summed E-state index contributed by atoms with van der Waals surface area (Å²) in [5, 5.41) is 2.81. The summed E-state index contributed by atoms with van der Waals surface area (Å²) in [6, 6.07) is 18.1. The van der Waals surface area contributed by atoms with Gasteiger partial charge in [-0.3, -0.25) is 4.79 Å². The van der Waals surface area contributed by atoms with Crippen LogP contribution in [0.4, 0.5) is 10.1 Å². The highest BCUT2D eigenvalue weighted by Crippen LogP contribution is 2.25. The number of rotatable bonds is 6. The van der Waals surface area contributed by atoms with E-state index in [2.05, 4.69) is 5.32 Å². The quantitative estimate of drug-likeness (QED) is 0.585. The second-order valence-electron chi connectivity index (χ2n) is 6.85. The van der Waals surface area contributed by atoms with Gasteiger partial charge in [-0.1, -0.05) is 42.5 Å². The van der Waals surface area contributed by atoms with E-state index >= 15 is 0 Å². The normalized spacial score (nSPS) is 11.5. The van der Waals surface area contributed by atoms with Gasteiger partial charge < -0.3 is 14.8 Å². The maximum Gasteiger partial charge on any atom is 0.342 e. The molecular formula is C24H22FNO4. The lowest BCUT2D eigenvalue weighted by atomic mass is 10.1. The Morgan fingerprint density at radius 1 is 0.967 bits per heavy atom. The molecule has 0 aromatic heterocycles. The van der Waals surface area contributed by atoms with Crippen molar-refractivity contribution in [1.29, 1.82) is 0 Å². The number of carbonyl (C=O) groups is 2. The van der Waals surface area contributed by atoms with Crippen molar-refractivity contribution in [1.82, 2.24) is 0 Å². The van der Waals surface area contributed by atoms with Crippen molar-refractivity contribution < 1.29 is 23.5 Å². The van der Waals surface area contributed by atoms with Crippen LogP contribution in [0.2, 0.25) is 0 Å². The number of methoxy groups -OCH3 is 1. The first-order valence-electron chi connectivity index (χ1n) is 9.36. The van der Waals surface area contributed by atoms with Crippen molar-refractivity contribution in [3.8, 4) is 5.75 Å². The molecule has 1 atom stereocenters. The van der Waals surface area contributed by atoms with Crippen molar-refractivity contribution in [2.75, 3.05) is 12.4 Å². The Morgan fingerprint density at radius 2 is 1.70 bits per heavy atom. The van der Waals surface area contributed by atoms with Crippen LogP contribution in [0.1, 0.15) is 33.2 Å². The predicted octanol–water partition coefficient (Wildman–Crippen LogP) is 4.99. The van der Waals surface area contributed by atoms with Gasteiger partial charge in [0.25, 0.3) is 5.91 Å². The predicted molar refractivity (Wildman–Crippen MR) is 112 cm³/mol. The lowest BCUT2D eigenvalue weighted by molar-refractivity contribution is -0.125. The van der Waals surface area contributed by atoms with Crippen LogP contribution in [-0.4, -0.2) is 19.0 Å². The Morgan fingerprint density at radius 3 is 2.37 bits per heavy atom. The Hall–Kier alpha value is -3.67. The number of carbonyl (C=O) groups excluding carboxylic acids is 2. The number of amides is 1. The molecule has 0 fully saturated rings. The summed E-state index contributed by atoms with van der Waals surface area (Å²) in [5.41, 5.74) is 2.66. The largest absolute Gasteiger partial charge is 0.497 e. The SMILES string of the molecule is COc1ccc(C(=O)O[C@@H](C(=O)Nc2cc(C)ccc2C)c2ccccc2)c(F)c1. The van der Waals surface area contributed by atoms with Crippen molar-refractivity contribution in [3.63, 3.8) is 0 Å².